The Labute approximate surface area is 183 Å². The van der Waals surface area contributed by atoms with Crippen LogP contribution in [0.15, 0.2) is 63.8 Å². The highest BCUT2D eigenvalue weighted by Crippen LogP contribution is 2.22. The summed E-state index contributed by atoms with van der Waals surface area (Å²) in [6.07, 6.45) is 1.01. The summed E-state index contributed by atoms with van der Waals surface area (Å²) in [5.41, 5.74) is 1.07. The van der Waals surface area contributed by atoms with E-state index in [9.17, 15) is 24.3 Å². The quantitative estimate of drug-likeness (QED) is 0.597. The highest BCUT2D eigenvalue weighted by atomic mass is 16.4. The molecule has 2 heterocycles. The fourth-order valence-electron chi connectivity index (χ4n) is 3.97. The molecule has 0 aliphatic carbocycles. The lowest BCUT2D eigenvalue weighted by molar-refractivity contribution is -0.148. The van der Waals surface area contributed by atoms with E-state index in [-0.39, 0.29) is 5.56 Å². The molecule has 4 rings (SSSR count). The lowest BCUT2D eigenvalue weighted by Crippen LogP contribution is -2.50. The van der Waals surface area contributed by atoms with Gasteiger partial charge in [-0.05, 0) is 49.6 Å². The first-order valence-corrected chi connectivity index (χ1v) is 10.3. The summed E-state index contributed by atoms with van der Waals surface area (Å²) in [7, 11) is 0. The number of likely N-dealkylation sites (tertiary alicyclic amines) is 1. The van der Waals surface area contributed by atoms with Crippen molar-refractivity contribution in [1.82, 2.24) is 10.2 Å². The molecule has 8 heteroatoms. The summed E-state index contributed by atoms with van der Waals surface area (Å²) >= 11 is 0. The lowest BCUT2D eigenvalue weighted by Gasteiger charge is -2.25. The number of aliphatic carboxylic acids is 1. The predicted octanol–water partition coefficient (Wildman–Crippen LogP) is 2.65. The normalized spacial score (nSPS) is 16.7. The first kappa shape index (κ1) is 21.3. The molecule has 0 spiro atoms. The topological polar surface area (TPSA) is 117 Å². The van der Waals surface area contributed by atoms with E-state index in [4.69, 9.17) is 4.42 Å². The fraction of sp³-hybridized carbons (Fsp3) is 0.250. The van der Waals surface area contributed by atoms with E-state index in [0.29, 0.717) is 36.1 Å². The van der Waals surface area contributed by atoms with E-state index in [2.05, 4.69) is 5.32 Å². The van der Waals surface area contributed by atoms with Crippen LogP contribution >= 0.6 is 0 Å². The van der Waals surface area contributed by atoms with Crippen LogP contribution in [-0.2, 0) is 9.59 Å². The number of carboxylic acid groups (broad SMARTS) is 1. The Balaban J connectivity index is 1.54. The van der Waals surface area contributed by atoms with Crippen LogP contribution in [0.2, 0.25) is 0 Å². The summed E-state index contributed by atoms with van der Waals surface area (Å²) in [6.45, 7) is 1.88. The molecule has 1 aliphatic rings. The number of hydrogen-bond donors (Lipinski definition) is 2. The van der Waals surface area contributed by atoms with E-state index in [1.165, 1.54) is 11.8 Å². The molecule has 32 heavy (non-hydrogen) atoms. The largest absolute Gasteiger partial charge is 0.480 e. The number of fused-ring (bicyclic) bond motifs is 1. The summed E-state index contributed by atoms with van der Waals surface area (Å²) < 4.78 is 5.38. The van der Waals surface area contributed by atoms with Gasteiger partial charge in [0.05, 0.1) is 5.56 Å². The molecule has 2 unspecified atom stereocenters. The first-order chi connectivity index (χ1) is 15.3. The molecule has 8 nitrogen and oxygen atoms in total. The van der Waals surface area contributed by atoms with Crippen molar-refractivity contribution in [2.24, 2.45) is 0 Å². The highest BCUT2D eigenvalue weighted by Gasteiger charge is 2.36. The van der Waals surface area contributed by atoms with Crippen molar-refractivity contribution < 1.29 is 23.9 Å². The number of nitrogens with one attached hydrogen (secondary N) is 1. The Morgan fingerprint density at radius 2 is 1.91 bits per heavy atom. The predicted molar refractivity (Wildman–Crippen MR) is 117 cm³/mol. The minimum Gasteiger partial charge on any atom is -0.480 e. The molecule has 2 amide bonds. The Hall–Kier alpha value is -3.94. The molecular formula is C24H22N2O6. The van der Waals surface area contributed by atoms with Gasteiger partial charge >= 0.3 is 11.6 Å². The second-order valence-corrected chi connectivity index (χ2v) is 7.79. The minimum absolute atomic E-state index is 0.269. The third kappa shape index (κ3) is 4.12. The number of para-hydroxylation sites is 1. The minimum atomic E-state index is -1.05. The monoisotopic (exact) mass is 434 g/mol. The van der Waals surface area contributed by atoms with Gasteiger partial charge in [-0.2, -0.15) is 0 Å². The molecule has 3 aromatic rings. The van der Waals surface area contributed by atoms with Gasteiger partial charge in [0.1, 0.15) is 17.7 Å². The number of carbonyl (C=O) groups excluding carboxylic acids is 2. The van der Waals surface area contributed by atoms with Crippen LogP contribution in [0.3, 0.4) is 0 Å². The molecule has 1 saturated heterocycles. The maximum absolute atomic E-state index is 12.8. The van der Waals surface area contributed by atoms with E-state index in [1.807, 2.05) is 12.1 Å². The third-order valence-electron chi connectivity index (χ3n) is 5.62. The van der Waals surface area contributed by atoms with E-state index < -0.39 is 35.5 Å². The molecule has 0 radical (unpaired) electrons. The number of carboxylic acids is 1. The Kier molecular flexibility index (Phi) is 5.77. The molecule has 1 fully saturated rings. The Morgan fingerprint density at radius 1 is 1.12 bits per heavy atom. The second kappa shape index (κ2) is 8.66. The van der Waals surface area contributed by atoms with Gasteiger partial charge in [0.2, 0.25) is 5.91 Å². The van der Waals surface area contributed by atoms with Crippen molar-refractivity contribution in [3.05, 3.63) is 70.6 Å². The molecule has 1 aromatic heterocycles. The molecule has 0 saturated carbocycles. The van der Waals surface area contributed by atoms with E-state index in [0.717, 1.165) is 5.39 Å². The Bertz CT molecular complexity index is 1260. The van der Waals surface area contributed by atoms with E-state index >= 15 is 0 Å². The number of amides is 2. The van der Waals surface area contributed by atoms with Crippen molar-refractivity contribution in [2.45, 2.75) is 31.8 Å². The summed E-state index contributed by atoms with van der Waals surface area (Å²) in [6, 6.07) is 13.6. The third-order valence-corrected chi connectivity index (χ3v) is 5.62. The fourth-order valence-corrected chi connectivity index (χ4v) is 3.97. The van der Waals surface area contributed by atoms with E-state index in [1.54, 1.807) is 42.5 Å². The smallest absolute Gasteiger partial charge is 0.344 e. The van der Waals surface area contributed by atoms with Crippen molar-refractivity contribution in [1.29, 1.82) is 0 Å². The average molecular weight is 434 g/mol. The number of carbonyl (C=O) groups is 3. The maximum atomic E-state index is 12.8. The van der Waals surface area contributed by atoms with Gasteiger partial charge in [-0.3, -0.25) is 9.59 Å². The van der Waals surface area contributed by atoms with Gasteiger partial charge in [0, 0.05) is 17.5 Å². The Morgan fingerprint density at radius 3 is 2.69 bits per heavy atom. The molecule has 2 aromatic carbocycles. The summed E-state index contributed by atoms with van der Waals surface area (Å²) in [4.78, 5) is 50.5. The number of hydrogen-bond acceptors (Lipinski definition) is 5. The highest BCUT2D eigenvalue weighted by molar-refractivity contribution is 5.99. The van der Waals surface area contributed by atoms with Gasteiger partial charge in [-0.15, -0.1) is 0 Å². The van der Waals surface area contributed by atoms with Crippen LogP contribution in [-0.4, -0.2) is 46.4 Å². The lowest BCUT2D eigenvalue weighted by atomic mass is 10.0. The molecular weight excluding hydrogens is 412 g/mol. The summed E-state index contributed by atoms with van der Waals surface area (Å²) in [5.74, 6) is -1.98. The van der Waals surface area contributed by atoms with Crippen molar-refractivity contribution >= 4 is 28.8 Å². The van der Waals surface area contributed by atoms with Crippen LogP contribution in [0.25, 0.3) is 22.1 Å². The van der Waals surface area contributed by atoms with Crippen LogP contribution in [0.5, 0.6) is 0 Å². The zero-order valence-electron chi connectivity index (χ0n) is 17.4. The molecule has 164 valence electrons. The van der Waals surface area contributed by atoms with Crippen LogP contribution in [0.4, 0.5) is 0 Å². The zero-order valence-corrected chi connectivity index (χ0v) is 17.4. The summed E-state index contributed by atoms with van der Waals surface area (Å²) in [5, 5.41) is 12.7. The SMILES string of the molecule is CC(NC(=O)c1cccc(-c2cc3ccccc3oc2=O)c1)C(=O)N1CCCC1C(=O)O. The molecule has 0 bridgehead atoms. The van der Waals surface area contributed by atoms with Gasteiger partial charge < -0.3 is 19.7 Å². The molecule has 1 aliphatic heterocycles. The number of rotatable bonds is 5. The molecule has 2 N–H and O–H groups in total. The van der Waals surface area contributed by atoms with Gasteiger partial charge in [0.15, 0.2) is 0 Å². The van der Waals surface area contributed by atoms with Crippen molar-refractivity contribution in [3.8, 4) is 11.1 Å². The maximum Gasteiger partial charge on any atom is 0.344 e. The van der Waals surface area contributed by atoms with Crippen molar-refractivity contribution in [2.75, 3.05) is 6.54 Å². The average Bonchev–Trinajstić information content (AvgIpc) is 3.28. The van der Waals surface area contributed by atoms with Crippen molar-refractivity contribution in [3.63, 3.8) is 0 Å². The number of benzene rings is 2. The number of nitrogens with zero attached hydrogens (tertiary/aromatic N) is 1. The standard InChI is InChI=1S/C24H22N2O6/c1-14(22(28)26-11-5-9-19(26)23(29)30)25-21(27)17-8-4-7-15(12-17)18-13-16-6-2-3-10-20(16)32-24(18)31/h2-4,6-8,10,12-14,19H,5,9,11H2,1H3,(H,25,27)(H,29,30). The molecule has 2 atom stereocenters. The second-order valence-electron chi connectivity index (χ2n) is 7.79. The van der Waals surface area contributed by atoms with Gasteiger partial charge in [-0.1, -0.05) is 30.3 Å². The first-order valence-electron chi connectivity index (χ1n) is 10.3. The van der Waals surface area contributed by atoms with Crippen LogP contribution in [0.1, 0.15) is 30.1 Å². The van der Waals surface area contributed by atoms with Gasteiger partial charge in [0.25, 0.3) is 5.91 Å². The zero-order chi connectivity index (χ0) is 22.8. The van der Waals surface area contributed by atoms with Crippen LogP contribution < -0.4 is 10.9 Å². The van der Waals surface area contributed by atoms with Crippen LogP contribution in [0, 0.1) is 0 Å². The van der Waals surface area contributed by atoms with Gasteiger partial charge in [-0.25, -0.2) is 9.59 Å².